The summed E-state index contributed by atoms with van der Waals surface area (Å²) < 4.78 is 31.6. The molecular weight excluding hydrogens is 264 g/mol. The van der Waals surface area contributed by atoms with Crippen LogP contribution in [0.2, 0.25) is 0 Å². The fourth-order valence-corrected chi connectivity index (χ4v) is 2.91. The van der Waals surface area contributed by atoms with Gasteiger partial charge in [0.2, 0.25) is 10.0 Å². The molecule has 0 bridgehead atoms. The summed E-state index contributed by atoms with van der Waals surface area (Å²) in [5.74, 6) is -0.0420. The van der Waals surface area contributed by atoms with Gasteiger partial charge in [-0.1, -0.05) is 24.3 Å². The Morgan fingerprint density at radius 1 is 1.37 bits per heavy atom. The summed E-state index contributed by atoms with van der Waals surface area (Å²) >= 11 is 0. The lowest BCUT2D eigenvalue weighted by Crippen LogP contribution is -2.33. The maximum atomic E-state index is 11.9. The second kappa shape index (κ2) is 7.59. The van der Waals surface area contributed by atoms with Crippen LogP contribution < -0.4 is 10.5 Å². The molecule has 0 aliphatic heterocycles. The van der Waals surface area contributed by atoms with Crippen LogP contribution in [0.25, 0.3) is 0 Å². The molecule has 1 aromatic carbocycles. The Balaban J connectivity index is 2.58. The maximum absolute atomic E-state index is 11.9. The van der Waals surface area contributed by atoms with Gasteiger partial charge in [0.25, 0.3) is 0 Å². The van der Waals surface area contributed by atoms with Crippen molar-refractivity contribution in [2.24, 2.45) is 5.73 Å². The Bertz CT molecular complexity index is 488. The first kappa shape index (κ1) is 16.1. The predicted molar refractivity (Wildman–Crippen MR) is 76.0 cm³/mol. The molecule has 3 N–H and O–H groups in total. The number of hydrogen-bond acceptors (Lipinski definition) is 4. The zero-order valence-corrected chi connectivity index (χ0v) is 12.2. The van der Waals surface area contributed by atoms with Crippen molar-refractivity contribution < 1.29 is 13.2 Å². The standard InChI is InChI=1S/C13H22N2O3S/c1-3-18-11(2)9-15-19(16,17)10-13-6-4-5-12(7-13)8-14/h4-7,11,15H,3,8-10,14H2,1-2H3. The van der Waals surface area contributed by atoms with Crippen molar-refractivity contribution in [3.05, 3.63) is 35.4 Å². The molecule has 0 aliphatic carbocycles. The lowest BCUT2D eigenvalue weighted by molar-refractivity contribution is 0.0799. The van der Waals surface area contributed by atoms with Crippen LogP contribution >= 0.6 is 0 Å². The first-order valence-corrected chi connectivity index (χ1v) is 7.99. The van der Waals surface area contributed by atoms with Gasteiger partial charge in [-0.3, -0.25) is 0 Å². The Kier molecular flexibility index (Phi) is 6.44. The average Bonchev–Trinajstić information content (AvgIpc) is 2.37. The molecule has 0 fully saturated rings. The molecule has 0 aliphatic rings. The topological polar surface area (TPSA) is 81.4 Å². The van der Waals surface area contributed by atoms with Crippen molar-refractivity contribution in [2.75, 3.05) is 13.2 Å². The van der Waals surface area contributed by atoms with Gasteiger partial charge >= 0.3 is 0 Å². The summed E-state index contributed by atoms with van der Waals surface area (Å²) in [6, 6.07) is 7.28. The summed E-state index contributed by atoms with van der Waals surface area (Å²) in [6.45, 7) is 4.97. The number of hydrogen-bond donors (Lipinski definition) is 2. The fourth-order valence-electron chi connectivity index (χ4n) is 1.70. The highest BCUT2D eigenvalue weighted by atomic mass is 32.2. The van der Waals surface area contributed by atoms with Crippen molar-refractivity contribution >= 4 is 10.0 Å². The SMILES string of the molecule is CCOC(C)CNS(=O)(=O)Cc1cccc(CN)c1. The van der Waals surface area contributed by atoms with Gasteiger partial charge in [0.15, 0.2) is 0 Å². The van der Waals surface area contributed by atoms with Crippen LogP contribution in [0.3, 0.4) is 0 Å². The zero-order valence-electron chi connectivity index (χ0n) is 11.4. The third-order valence-corrected chi connectivity index (χ3v) is 3.95. The average molecular weight is 286 g/mol. The van der Waals surface area contributed by atoms with Crippen LogP contribution in [-0.4, -0.2) is 27.7 Å². The van der Waals surface area contributed by atoms with E-state index in [4.69, 9.17) is 10.5 Å². The van der Waals surface area contributed by atoms with Gasteiger partial charge in [-0.2, -0.15) is 0 Å². The molecule has 0 saturated heterocycles. The molecule has 108 valence electrons. The highest BCUT2D eigenvalue weighted by Gasteiger charge is 2.13. The van der Waals surface area contributed by atoms with Crippen LogP contribution in [0, 0.1) is 0 Å². The molecule has 0 heterocycles. The van der Waals surface area contributed by atoms with Crippen molar-refractivity contribution in [1.29, 1.82) is 0 Å². The first-order valence-electron chi connectivity index (χ1n) is 6.33. The molecule has 0 aromatic heterocycles. The van der Waals surface area contributed by atoms with Crippen LogP contribution in [0.1, 0.15) is 25.0 Å². The summed E-state index contributed by atoms with van der Waals surface area (Å²) in [4.78, 5) is 0. The summed E-state index contributed by atoms with van der Waals surface area (Å²) in [7, 11) is -3.34. The minimum absolute atomic E-state index is 0.0420. The van der Waals surface area contributed by atoms with Crippen molar-refractivity contribution in [3.8, 4) is 0 Å². The molecule has 0 amide bonds. The van der Waals surface area contributed by atoms with E-state index >= 15 is 0 Å². The Hall–Kier alpha value is -0.950. The van der Waals surface area contributed by atoms with Crippen LogP contribution in [0.15, 0.2) is 24.3 Å². The molecule has 1 unspecified atom stereocenters. The summed E-state index contributed by atoms with van der Waals surface area (Å²) in [5, 5.41) is 0. The van der Waals surface area contributed by atoms with E-state index < -0.39 is 10.0 Å². The lowest BCUT2D eigenvalue weighted by Gasteiger charge is -2.13. The van der Waals surface area contributed by atoms with E-state index in [1.165, 1.54) is 0 Å². The molecule has 0 spiro atoms. The van der Waals surface area contributed by atoms with Gasteiger partial charge in [0.1, 0.15) is 0 Å². The van der Waals surface area contributed by atoms with E-state index in [0.29, 0.717) is 13.2 Å². The van der Waals surface area contributed by atoms with Crippen molar-refractivity contribution in [3.63, 3.8) is 0 Å². The van der Waals surface area contributed by atoms with Gasteiger partial charge in [-0.05, 0) is 25.0 Å². The van der Waals surface area contributed by atoms with Crippen molar-refractivity contribution in [2.45, 2.75) is 32.2 Å². The van der Waals surface area contributed by atoms with E-state index in [9.17, 15) is 8.42 Å². The highest BCUT2D eigenvalue weighted by Crippen LogP contribution is 2.08. The maximum Gasteiger partial charge on any atom is 0.215 e. The van der Waals surface area contributed by atoms with Gasteiger partial charge in [0, 0.05) is 19.7 Å². The third kappa shape index (κ3) is 6.15. The van der Waals surface area contributed by atoms with E-state index in [1.54, 1.807) is 6.07 Å². The van der Waals surface area contributed by atoms with Gasteiger partial charge in [-0.15, -0.1) is 0 Å². The summed E-state index contributed by atoms with van der Waals surface area (Å²) in [5.41, 5.74) is 7.19. The molecule has 5 nitrogen and oxygen atoms in total. The molecule has 0 saturated carbocycles. The smallest absolute Gasteiger partial charge is 0.215 e. The number of benzene rings is 1. The minimum Gasteiger partial charge on any atom is -0.377 e. The number of nitrogens with two attached hydrogens (primary N) is 1. The Morgan fingerprint density at radius 3 is 2.68 bits per heavy atom. The number of ether oxygens (including phenoxy) is 1. The largest absolute Gasteiger partial charge is 0.377 e. The molecule has 1 aromatic rings. The van der Waals surface area contributed by atoms with Crippen molar-refractivity contribution in [1.82, 2.24) is 4.72 Å². The quantitative estimate of drug-likeness (QED) is 0.746. The zero-order chi connectivity index (χ0) is 14.3. The molecular formula is C13H22N2O3S. The monoisotopic (exact) mass is 286 g/mol. The fraction of sp³-hybridized carbons (Fsp3) is 0.538. The molecule has 19 heavy (non-hydrogen) atoms. The number of sulfonamides is 1. The Labute approximate surface area is 115 Å². The van der Waals surface area contributed by atoms with Crippen LogP contribution in [0.4, 0.5) is 0 Å². The molecule has 1 rings (SSSR count). The lowest BCUT2D eigenvalue weighted by atomic mass is 10.1. The number of rotatable bonds is 8. The third-order valence-electron chi connectivity index (χ3n) is 2.63. The number of nitrogens with one attached hydrogen (secondary N) is 1. The summed E-state index contributed by atoms with van der Waals surface area (Å²) in [6.07, 6.45) is -0.129. The predicted octanol–water partition coefficient (Wildman–Crippen LogP) is 0.990. The second-order valence-electron chi connectivity index (χ2n) is 4.40. The first-order chi connectivity index (χ1) is 8.96. The molecule has 6 heteroatoms. The molecule has 0 radical (unpaired) electrons. The van der Waals surface area contributed by atoms with Gasteiger partial charge in [0.05, 0.1) is 11.9 Å². The molecule has 1 atom stereocenters. The Morgan fingerprint density at radius 2 is 2.05 bits per heavy atom. The van der Waals surface area contributed by atoms with Gasteiger partial charge < -0.3 is 10.5 Å². The van der Waals surface area contributed by atoms with E-state index in [-0.39, 0.29) is 18.4 Å². The van der Waals surface area contributed by atoms with E-state index in [2.05, 4.69) is 4.72 Å². The van der Waals surface area contributed by atoms with E-state index in [1.807, 2.05) is 32.0 Å². The minimum atomic E-state index is -3.34. The van der Waals surface area contributed by atoms with Gasteiger partial charge in [-0.25, -0.2) is 13.1 Å². The normalized spacial score (nSPS) is 13.4. The van der Waals surface area contributed by atoms with E-state index in [0.717, 1.165) is 11.1 Å². The highest BCUT2D eigenvalue weighted by molar-refractivity contribution is 7.88. The second-order valence-corrected chi connectivity index (χ2v) is 6.20. The van der Waals surface area contributed by atoms with Crippen LogP contribution in [-0.2, 0) is 27.1 Å². The van der Waals surface area contributed by atoms with Crippen LogP contribution in [0.5, 0.6) is 0 Å².